The highest BCUT2D eigenvalue weighted by Crippen LogP contribution is 2.05. The van der Waals surface area contributed by atoms with E-state index in [2.05, 4.69) is 17.5 Å². The Hall–Kier alpha value is -0.130. The summed E-state index contributed by atoms with van der Waals surface area (Å²) in [5.74, 6) is -0.0925. The Morgan fingerprint density at radius 1 is 1.91 bits per heavy atom. The normalized spacial score (nSPS) is 12.2. The van der Waals surface area contributed by atoms with E-state index in [0.29, 0.717) is 6.54 Å². The summed E-state index contributed by atoms with van der Waals surface area (Å²) in [5.41, 5.74) is 0. The average Bonchev–Trinajstić information content (AvgIpc) is 2.00. The lowest BCUT2D eigenvalue weighted by atomic mass is 10.4. The number of hydrogen-bond donors (Lipinski definition) is 2. The van der Waals surface area contributed by atoms with E-state index in [4.69, 9.17) is 5.11 Å². The van der Waals surface area contributed by atoms with Crippen LogP contribution in [0.2, 0.25) is 0 Å². The van der Waals surface area contributed by atoms with Crippen LogP contribution in [0.25, 0.3) is 0 Å². The Labute approximate surface area is 75.6 Å². The van der Waals surface area contributed by atoms with Crippen LogP contribution >= 0.6 is 24.0 Å². The van der Waals surface area contributed by atoms with Crippen molar-refractivity contribution >= 4 is 34.6 Å². The molecule has 0 saturated carbocycles. The van der Waals surface area contributed by atoms with Crippen molar-refractivity contribution in [3.63, 3.8) is 0 Å². The number of carbonyl (C=O) groups is 1. The van der Waals surface area contributed by atoms with Crippen molar-refractivity contribution in [1.29, 1.82) is 0 Å². The standard InChI is InChI=1S/C6H11NO2S2/c1-5(11-4-10)6(9)7-2-3-8/h4-5,8H,2-3H2,1H3,(H,7,9). The molecule has 1 amide bonds. The predicted molar refractivity (Wildman–Crippen MR) is 50.8 cm³/mol. The molecule has 0 aliphatic carbocycles. The van der Waals surface area contributed by atoms with Crippen molar-refractivity contribution in [3.05, 3.63) is 0 Å². The molecule has 0 aromatic rings. The lowest BCUT2D eigenvalue weighted by molar-refractivity contribution is -0.120. The minimum Gasteiger partial charge on any atom is -0.395 e. The van der Waals surface area contributed by atoms with E-state index < -0.39 is 0 Å². The lowest BCUT2D eigenvalue weighted by Gasteiger charge is -2.07. The molecule has 11 heavy (non-hydrogen) atoms. The molecule has 2 N–H and O–H groups in total. The number of thioether (sulfide) groups is 1. The Morgan fingerprint density at radius 3 is 3.00 bits per heavy atom. The highest BCUT2D eigenvalue weighted by atomic mass is 32.2. The van der Waals surface area contributed by atoms with Crippen LogP contribution in [0.4, 0.5) is 0 Å². The van der Waals surface area contributed by atoms with Crippen LogP contribution in [0.1, 0.15) is 6.92 Å². The minimum absolute atomic E-state index is 0.0271. The fourth-order valence-electron chi connectivity index (χ4n) is 0.468. The van der Waals surface area contributed by atoms with Crippen molar-refractivity contribution in [2.75, 3.05) is 13.2 Å². The third kappa shape index (κ3) is 5.17. The molecule has 1 unspecified atom stereocenters. The Balaban J connectivity index is 3.54. The van der Waals surface area contributed by atoms with Crippen LogP contribution in [-0.4, -0.2) is 34.1 Å². The monoisotopic (exact) mass is 193 g/mol. The molecule has 0 aliphatic heterocycles. The molecule has 0 aliphatic rings. The molecule has 0 saturated heterocycles. The number of aliphatic hydroxyl groups is 1. The number of thiocarbonyl (C=S) groups is 1. The van der Waals surface area contributed by atoms with Crippen molar-refractivity contribution in [1.82, 2.24) is 5.32 Å². The van der Waals surface area contributed by atoms with Gasteiger partial charge in [-0.05, 0) is 6.92 Å². The van der Waals surface area contributed by atoms with Gasteiger partial charge in [0.1, 0.15) is 0 Å². The first kappa shape index (κ1) is 10.9. The molecular weight excluding hydrogens is 182 g/mol. The zero-order valence-electron chi connectivity index (χ0n) is 6.24. The topological polar surface area (TPSA) is 49.3 Å². The smallest absolute Gasteiger partial charge is 0.233 e. The van der Waals surface area contributed by atoms with E-state index in [0.717, 1.165) is 0 Å². The van der Waals surface area contributed by atoms with Gasteiger partial charge in [-0.3, -0.25) is 4.79 Å². The van der Waals surface area contributed by atoms with Crippen molar-refractivity contribution in [2.45, 2.75) is 12.2 Å². The fourth-order valence-corrected chi connectivity index (χ4v) is 1.34. The highest BCUT2D eigenvalue weighted by Gasteiger charge is 2.10. The highest BCUT2D eigenvalue weighted by molar-refractivity contribution is 8.21. The van der Waals surface area contributed by atoms with E-state index in [9.17, 15) is 4.79 Å². The molecule has 0 rings (SSSR count). The summed E-state index contributed by atoms with van der Waals surface area (Å²) in [5, 5.41) is 10.8. The predicted octanol–water partition coefficient (Wildman–Crippen LogP) is 0.174. The first-order valence-corrected chi connectivity index (χ1v) is 4.61. The van der Waals surface area contributed by atoms with Crippen molar-refractivity contribution in [2.24, 2.45) is 0 Å². The average molecular weight is 193 g/mol. The molecule has 1 atom stereocenters. The minimum atomic E-state index is -0.168. The van der Waals surface area contributed by atoms with Gasteiger partial charge in [-0.1, -0.05) is 12.2 Å². The van der Waals surface area contributed by atoms with Crippen LogP contribution in [0, 0.1) is 0 Å². The van der Waals surface area contributed by atoms with Gasteiger partial charge in [0.25, 0.3) is 0 Å². The van der Waals surface area contributed by atoms with E-state index in [-0.39, 0.29) is 17.8 Å². The largest absolute Gasteiger partial charge is 0.395 e. The zero-order valence-corrected chi connectivity index (χ0v) is 7.87. The van der Waals surface area contributed by atoms with Crippen LogP contribution in [0.5, 0.6) is 0 Å². The number of nitrogens with one attached hydrogen (secondary N) is 1. The fraction of sp³-hybridized carbons (Fsp3) is 0.667. The van der Waals surface area contributed by atoms with Gasteiger partial charge in [0.2, 0.25) is 5.91 Å². The van der Waals surface area contributed by atoms with E-state index in [1.54, 1.807) is 6.92 Å². The maximum Gasteiger partial charge on any atom is 0.233 e. The molecule has 5 heteroatoms. The van der Waals surface area contributed by atoms with Crippen LogP contribution < -0.4 is 5.32 Å². The summed E-state index contributed by atoms with van der Waals surface area (Å²) in [6, 6.07) is 0. The summed E-state index contributed by atoms with van der Waals surface area (Å²) in [6.07, 6.45) is 0. The van der Waals surface area contributed by atoms with Crippen LogP contribution in [0.15, 0.2) is 0 Å². The summed E-state index contributed by atoms with van der Waals surface area (Å²) in [4.78, 5) is 11.0. The SMILES string of the molecule is CC(SC=S)C(=O)NCCO. The van der Waals surface area contributed by atoms with Gasteiger partial charge in [0, 0.05) is 11.2 Å². The second-order valence-electron chi connectivity index (χ2n) is 1.89. The second-order valence-corrected chi connectivity index (χ2v) is 3.64. The Morgan fingerprint density at radius 2 is 2.55 bits per heavy atom. The molecule has 0 bridgehead atoms. The third-order valence-electron chi connectivity index (χ3n) is 1.04. The number of amides is 1. The van der Waals surface area contributed by atoms with Crippen molar-refractivity contribution < 1.29 is 9.90 Å². The maximum absolute atomic E-state index is 11.0. The van der Waals surface area contributed by atoms with Gasteiger partial charge in [0.05, 0.1) is 11.9 Å². The molecular formula is C6H11NO2S2. The number of hydrogen-bond acceptors (Lipinski definition) is 4. The van der Waals surface area contributed by atoms with Gasteiger partial charge >= 0.3 is 0 Å². The third-order valence-corrected chi connectivity index (χ3v) is 2.11. The number of aliphatic hydroxyl groups excluding tert-OH is 1. The number of rotatable bonds is 5. The quantitative estimate of drug-likeness (QED) is 0.611. The zero-order chi connectivity index (χ0) is 8.69. The Kier molecular flexibility index (Phi) is 6.49. The summed E-state index contributed by atoms with van der Waals surface area (Å²) >= 11 is 5.85. The molecule has 3 nitrogen and oxygen atoms in total. The molecule has 0 aromatic carbocycles. The molecule has 0 heterocycles. The van der Waals surface area contributed by atoms with Gasteiger partial charge in [-0.2, -0.15) is 0 Å². The lowest BCUT2D eigenvalue weighted by Crippen LogP contribution is -2.32. The first-order chi connectivity index (χ1) is 5.22. The first-order valence-electron chi connectivity index (χ1n) is 3.20. The van der Waals surface area contributed by atoms with E-state index in [1.807, 2.05) is 0 Å². The van der Waals surface area contributed by atoms with Gasteiger partial charge in [-0.15, -0.1) is 11.8 Å². The molecule has 0 radical (unpaired) electrons. The van der Waals surface area contributed by atoms with Crippen LogP contribution in [-0.2, 0) is 4.79 Å². The van der Waals surface area contributed by atoms with Gasteiger partial charge in [-0.25, -0.2) is 0 Å². The van der Waals surface area contributed by atoms with E-state index >= 15 is 0 Å². The molecule has 0 aromatic heterocycles. The van der Waals surface area contributed by atoms with Gasteiger partial charge in [0.15, 0.2) is 0 Å². The Bertz CT molecular complexity index is 141. The maximum atomic E-state index is 11.0. The molecule has 0 spiro atoms. The molecule has 0 fully saturated rings. The number of carbonyl (C=O) groups excluding carboxylic acids is 1. The molecule has 64 valence electrons. The van der Waals surface area contributed by atoms with Crippen LogP contribution in [0.3, 0.4) is 0 Å². The summed E-state index contributed by atoms with van der Waals surface area (Å²) < 4.78 is 1.46. The second kappa shape index (κ2) is 6.57. The van der Waals surface area contributed by atoms with Crippen molar-refractivity contribution in [3.8, 4) is 0 Å². The summed E-state index contributed by atoms with van der Waals surface area (Å²) in [6.45, 7) is 2.04. The van der Waals surface area contributed by atoms with E-state index in [1.165, 1.54) is 16.5 Å². The summed E-state index contributed by atoms with van der Waals surface area (Å²) in [7, 11) is 0. The van der Waals surface area contributed by atoms with Gasteiger partial charge < -0.3 is 10.4 Å².